The Balaban J connectivity index is 0.00000484. The average molecular weight is 453 g/mol. The highest BCUT2D eigenvalue weighted by Gasteiger charge is 2.06. The van der Waals surface area contributed by atoms with E-state index in [2.05, 4.69) is 41.4 Å². The number of halogens is 1. The number of nitrogens with one attached hydrogen (secondary N) is 2. The number of aromatic nitrogens is 1. The molecule has 0 spiro atoms. The molecule has 1 rings (SSSR count). The van der Waals surface area contributed by atoms with Gasteiger partial charge in [-0.3, -0.25) is 4.79 Å². The summed E-state index contributed by atoms with van der Waals surface area (Å²) in [5, 5.41) is 7.63. The second-order valence-electron chi connectivity index (χ2n) is 5.77. The van der Waals surface area contributed by atoms with E-state index < -0.39 is 0 Å². The van der Waals surface area contributed by atoms with Gasteiger partial charge in [0.05, 0.1) is 5.01 Å². The molecule has 1 aromatic rings. The summed E-state index contributed by atoms with van der Waals surface area (Å²) in [4.78, 5) is 23.1. The van der Waals surface area contributed by atoms with Crippen molar-refractivity contribution in [2.24, 2.45) is 10.9 Å². The highest BCUT2D eigenvalue weighted by atomic mass is 127. The Morgan fingerprint density at radius 2 is 2.09 bits per heavy atom. The number of hydrogen-bond donors (Lipinski definition) is 2. The first-order valence-electron chi connectivity index (χ1n) is 7.52. The molecule has 0 radical (unpaired) electrons. The standard InChI is InChI=1S/C15H27N5OS.HI/c1-11(2)8-18-15(19-10-14(21)20(4)5)16-7-6-13-17-9-12(3)22-13;/h9,11H,6-8,10H2,1-5H3,(H2,16,18,19);1H. The number of carbonyl (C=O) groups excluding carboxylic acids is 1. The topological polar surface area (TPSA) is 69.6 Å². The molecule has 2 N–H and O–H groups in total. The molecule has 8 heteroatoms. The molecule has 0 bridgehead atoms. The van der Waals surface area contributed by atoms with Crippen LogP contribution in [0.5, 0.6) is 0 Å². The number of likely N-dealkylation sites (N-methyl/N-ethyl adjacent to an activating group) is 1. The summed E-state index contributed by atoms with van der Waals surface area (Å²) in [6, 6.07) is 0. The molecule has 0 aliphatic carbocycles. The second kappa shape index (κ2) is 11.6. The van der Waals surface area contributed by atoms with E-state index in [-0.39, 0.29) is 36.4 Å². The SMILES string of the molecule is Cc1cnc(CCNC(=NCC(=O)N(C)C)NCC(C)C)s1.I. The number of thiazole rings is 1. The summed E-state index contributed by atoms with van der Waals surface area (Å²) in [6.07, 6.45) is 2.74. The van der Waals surface area contributed by atoms with Crippen LogP contribution in [0.15, 0.2) is 11.2 Å². The third kappa shape index (κ3) is 9.75. The monoisotopic (exact) mass is 453 g/mol. The van der Waals surface area contributed by atoms with Gasteiger partial charge in [0.1, 0.15) is 6.54 Å². The van der Waals surface area contributed by atoms with Gasteiger partial charge in [0.25, 0.3) is 0 Å². The highest BCUT2D eigenvalue weighted by Crippen LogP contribution is 2.10. The van der Waals surface area contributed by atoms with Crippen molar-refractivity contribution in [3.05, 3.63) is 16.1 Å². The Labute approximate surface area is 160 Å². The van der Waals surface area contributed by atoms with E-state index in [0.717, 1.165) is 24.5 Å². The lowest BCUT2D eigenvalue weighted by atomic mass is 10.2. The van der Waals surface area contributed by atoms with Crippen molar-refractivity contribution in [1.82, 2.24) is 20.5 Å². The zero-order valence-electron chi connectivity index (χ0n) is 14.5. The number of aliphatic imine (C=N–C) groups is 1. The summed E-state index contributed by atoms with van der Waals surface area (Å²) in [6.45, 7) is 8.03. The minimum Gasteiger partial charge on any atom is -0.356 e. The Bertz CT molecular complexity index is 502. The Morgan fingerprint density at radius 1 is 1.39 bits per heavy atom. The van der Waals surface area contributed by atoms with Crippen molar-refractivity contribution in [1.29, 1.82) is 0 Å². The van der Waals surface area contributed by atoms with Crippen molar-refractivity contribution in [2.75, 3.05) is 33.7 Å². The molecule has 132 valence electrons. The quantitative estimate of drug-likeness (QED) is 0.376. The van der Waals surface area contributed by atoms with E-state index in [0.29, 0.717) is 11.9 Å². The highest BCUT2D eigenvalue weighted by molar-refractivity contribution is 14.0. The Hall–Kier alpha value is -0.900. The van der Waals surface area contributed by atoms with Gasteiger partial charge >= 0.3 is 0 Å². The van der Waals surface area contributed by atoms with Crippen LogP contribution >= 0.6 is 35.3 Å². The van der Waals surface area contributed by atoms with Crippen LogP contribution in [0.2, 0.25) is 0 Å². The molecule has 0 saturated carbocycles. The van der Waals surface area contributed by atoms with E-state index in [1.807, 2.05) is 6.20 Å². The van der Waals surface area contributed by atoms with Crippen LogP contribution in [0.4, 0.5) is 0 Å². The fourth-order valence-corrected chi connectivity index (χ4v) is 2.35. The van der Waals surface area contributed by atoms with Crippen molar-refractivity contribution >= 4 is 47.2 Å². The summed E-state index contributed by atoms with van der Waals surface area (Å²) in [5.74, 6) is 1.18. The molecule has 0 unspecified atom stereocenters. The minimum absolute atomic E-state index is 0. The third-order valence-corrected chi connectivity index (χ3v) is 3.82. The summed E-state index contributed by atoms with van der Waals surface area (Å²) >= 11 is 1.71. The zero-order valence-corrected chi connectivity index (χ0v) is 17.7. The van der Waals surface area contributed by atoms with Crippen molar-refractivity contribution < 1.29 is 4.79 Å². The van der Waals surface area contributed by atoms with Crippen LogP contribution in [0.1, 0.15) is 23.7 Å². The smallest absolute Gasteiger partial charge is 0.243 e. The zero-order chi connectivity index (χ0) is 16.5. The Morgan fingerprint density at radius 3 is 2.61 bits per heavy atom. The first kappa shape index (κ1) is 22.1. The van der Waals surface area contributed by atoms with Gasteiger partial charge in [0, 0.05) is 44.7 Å². The maximum absolute atomic E-state index is 11.6. The normalized spacial score (nSPS) is 11.1. The van der Waals surface area contributed by atoms with Crippen LogP contribution in [0.25, 0.3) is 0 Å². The molecule has 0 aliphatic rings. The number of rotatable bonds is 7. The molecule has 0 saturated heterocycles. The third-order valence-electron chi connectivity index (χ3n) is 2.85. The maximum Gasteiger partial charge on any atom is 0.243 e. The second-order valence-corrected chi connectivity index (χ2v) is 7.09. The van der Waals surface area contributed by atoms with E-state index in [1.165, 1.54) is 4.88 Å². The number of nitrogens with zero attached hydrogens (tertiary/aromatic N) is 3. The molecule has 0 aliphatic heterocycles. The predicted octanol–water partition coefficient (Wildman–Crippen LogP) is 1.89. The number of amides is 1. The van der Waals surface area contributed by atoms with E-state index in [1.54, 1.807) is 30.3 Å². The minimum atomic E-state index is -0.0128. The van der Waals surface area contributed by atoms with Crippen molar-refractivity contribution in [3.8, 4) is 0 Å². The first-order valence-corrected chi connectivity index (χ1v) is 8.33. The van der Waals surface area contributed by atoms with Gasteiger partial charge in [-0.1, -0.05) is 13.8 Å². The Kier molecular flexibility index (Phi) is 11.2. The molecule has 23 heavy (non-hydrogen) atoms. The van der Waals surface area contributed by atoms with Gasteiger partial charge in [-0.25, -0.2) is 9.98 Å². The predicted molar refractivity (Wildman–Crippen MR) is 108 cm³/mol. The van der Waals surface area contributed by atoms with Gasteiger partial charge in [0.2, 0.25) is 5.91 Å². The van der Waals surface area contributed by atoms with Gasteiger partial charge < -0.3 is 15.5 Å². The van der Waals surface area contributed by atoms with Crippen LogP contribution in [0.3, 0.4) is 0 Å². The molecule has 1 aromatic heterocycles. The van der Waals surface area contributed by atoms with Crippen molar-refractivity contribution in [3.63, 3.8) is 0 Å². The molecule has 1 amide bonds. The largest absolute Gasteiger partial charge is 0.356 e. The van der Waals surface area contributed by atoms with Gasteiger partial charge in [-0.15, -0.1) is 35.3 Å². The van der Waals surface area contributed by atoms with Crippen LogP contribution in [-0.2, 0) is 11.2 Å². The van der Waals surface area contributed by atoms with Gasteiger partial charge in [-0.05, 0) is 12.8 Å². The maximum atomic E-state index is 11.6. The lowest BCUT2D eigenvalue weighted by Crippen LogP contribution is -2.41. The molecule has 6 nitrogen and oxygen atoms in total. The molecule has 0 atom stereocenters. The van der Waals surface area contributed by atoms with Gasteiger partial charge in [-0.2, -0.15) is 0 Å². The number of carbonyl (C=O) groups is 1. The molecular formula is C15H28IN5OS. The van der Waals surface area contributed by atoms with E-state index in [4.69, 9.17) is 0 Å². The van der Waals surface area contributed by atoms with Crippen LogP contribution in [-0.4, -0.2) is 55.5 Å². The lowest BCUT2D eigenvalue weighted by Gasteiger charge is -2.14. The summed E-state index contributed by atoms with van der Waals surface area (Å²) in [5.41, 5.74) is 0. The summed E-state index contributed by atoms with van der Waals surface area (Å²) < 4.78 is 0. The average Bonchev–Trinajstić information content (AvgIpc) is 2.86. The van der Waals surface area contributed by atoms with Crippen LogP contribution in [0, 0.1) is 12.8 Å². The molecule has 0 fully saturated rings. The van der Waals surface area contributed by atoms with Crippen molar-refractivity contribution in [2.45, 2.75) is 27.2 Å². The molecule has 0 aromatic carbocycles. The van der Waals surface area contributed by atoms with Crippen LogP contribution < -0.4 is 10.6 Å². The summed E-state index contributed by atoms with van der Waals surface area (Å²) in [7, 11) is 3.47. The molecular weight excluding hydrogens is 425 g/mol. The fourth-order valence-electron chi connectivity index (χ4n) is 1.57. The number of aryl methyl sites for hydroxylation is 1. The molecule has 1 heterocycles. The lowest BCUT2D eigenvalue weighted by molar-refractivity contribution is -0.127. The van der Waals surface area contributed by atoms with E-state index in [9.17, 15) is 4.79 Å². The number of guanidine groups is 1. The number of hydrogen-bond acceptors (Lipinski definition) is 4. The first-order chi connectivity index (χ1) is 10.4. The van der Waals surface area contributed by atoms with Gasteiger partial charge in [0.15, 0.2) is 5.96 Å². The fraction of sp³-hybridized carbons (Fsp3) is 0.667. The van der Waals surface area contributed by atoms with E-state index >= 15 is 0 Å².